The van der Waals surface area contributed by atoms with Crippen molar-refractivity contribution in [3.05, 3.63) is 92.9 Å². The van der Waals surface area contributed by atoms with Crippen LogP contribution >= 0.6 is 136 Å². The van der Waals surface area contributed by atoms with Crippen molar-refractivity contribution in [2.45, 2.75) is 83.0 Å². The van der Waals surface area contributed by atoms with E-state index in [2.05, 4.69) is 210 Å². The number of benzene rings is 2. The van der Waals surface area contributed by atoms with E-state index in [9.17, 15) is 14.7 Å². The fourth-order valence-electron chi connectivity index (χ4n) is 7.62. The molecule has 0 fully saturated rings. The monoisotopic (exact) mass is 1490 g/mol. The molecule has 3 atom stereocenters. The van der Waals surface area contributed by atoms with Gasteiger partial charge in [-0.25, -0.2) is 0 Å². The third kappa shape index (κ3) is 9.78. The van der Waals surface area contributed by atoms with Gasteiger partial charge in [0.2, 0.25) is 5.69 Å². The van der Waals surface area contributed by atoms with E-state index < -0.39 is 23.3 Å². The van der Waals surface area contributed by atoms with E-state index in [1.807, 2.05) is 24.3 Å². The van der Waals surface area contributed by atoms with Crippen LogP contribution in [0, 0.1) is 27.3 Å². The molecule has 0 saturated heterocycles. The molecule has 2 aromatic carbocycles. The fraction of sp³-hybridized carbons (Fsp3) is 0.410. The highest BCUT2D eigenvalue weighted by Gasteiger charge is 2.52. The van der Waals surface area contributed by atoms with Gasteiger partial charge >= 0.3 is 11.9 Å². The third-order valence-corrected chi connectivity index (χ3v) is 20.5. The number of rotatable bonds is 15. The molecule has 2 N–H and O–H groups in total. The van der Waals surface area contributed by atoms with Crippen molar-refractivity contribution in [3.63, 3.8) is 0 Å². The zero-order chi connectivity index (χ0) is 37.8. The maximum absolute atomic E-state index is 12.9. The second kappa shape index (κ2) is 20.6. The Morgan fingerprint density at radius 1 is 0.846 bits per heavy atom. The number of likely N-dealkylation sites (N-methyl/N-ethyl adjacent to an activating group) is 1. The van der Waals surface area contributed by atoms with E-state index in [-0.39, 0.29) is 35.8 Å². The van der Waals surface area contributed by atoms with Crippen LogP contribution in [-0.4, -0.2) is 46.5 Å². The summed E-state index contributed by atoms with van der Waals surface area (Å²) in [4.78, 5) is 26.1. The molecule has 0 spiro atoms. The number of carboxylic acids is 2. The number of hydrogen-bond acceptors (Lipinski definition) is 3. The number of hydrogen-bond donors (Lipinski definition) is 2. The van der Waals surface area contributed by atoms with Crippen LogP contribution in [-0.2, 0) is 20.4 Å². The van der Waals surface area contributed by atoms with Gasteiger partial charge in [-0.3, -0.25) is 9.59 Å². The van der Waals surface area contributed by atoms with Gasteiger partial charge in [-0.2, -0.15) is 4.58 Å². The van der Waals surface area contributed by atoms with Crippen molar-refractivity contribution in [2.75, 3.05) is 19.0 Å². The number of carbonyl (C=O) groups is 2. The van der Waals surface area contributed by atoms with Gasteiger partial charge in [0.05, 0.1) is 16.9 Å². The Kier molecular flexibility index (Phi) is 18.7. The largest absolute Gasteiger partial charge is 1.00 e. The van der Waals surface area contributed by atoms with Gasteiger partial charge in [0.15, 0.2) is 5.71 Å². The Balaban J connectivity index is 0.00000729. The first kappa shape index (κ1) is 47.3. The summed E-state index contributed by atoms with van der Waals surface area (Å²) in [6.45, 7) is 6.56. The second-order valence-electron chi connectivity index (χ2n) is 13.5. The first-order valence-electron chi connectivity index (χ1n) is 16.9. The molecular formula is C39H43I7N2O4. The maximum atomic E-state index is 12.9. The summed E-state index contributed by atoms with van der Waals surface area (Å²) in [5, 5.41) is 19.7. The molecule has 3 unspecified atom stereocenters. The van der Waals surface area contributed by atoms with Gasteiger partial charge in [0.25, 0.3) is 0 Å². The minimum absolute atomic E-state index is 0. The lowest BCUT2D eigenvalue weighted by molar-refractivity contribution is -0.401. The molecule has 0 aliphatic carbocycles. The molecule has 52 heavy (non-hydrogen) atoms. The molecule has 282 valence electrons. The number of anilines is 1. The summed E-state index contributed by atoms with van der Waals surface area (Å²) in [7, 11) is 4.20. The molecule has 2 heterocycles. The van der Waals surface area contributed by atoms with Crippen LogP contribution in [0.2, 0.25) is 0 Å². The van der Waals surface area contributed by atoms with Crippen LogP contribution in [0.3, 0.4) is 0 Å². The van der Waals surface area contributed by atoms with Crippen molar-refractivity contribution >= 4 is 165 Å². The standard InChI is InChI=1S/C39H42I6N2O4.HI/c1-6-7-16-23(37(50)51)39(3)29(47(5)27-22-25(41)34(43)36(45)32(27)39)18-13-10-8-9-12-17-28-38(2,20-15-11-14-19-30(48)49)31-26(46(28)4)21-24(40)33(42)35(31)44;/h8-10,12-13,17-18,21-23H,6-7,11,14-16,19-20H2,1-5H3,(H-,48,49,50,51);1H. The van der Waals surface area contributed by atoms with Crippen molar-refractivity contribution in [3.8, 4) is 0 Å². The van der Waals surface area contributed by atoms with Crippen LogP contribution in [0.1, 0.15) is 83.3 Å². The van der Waals surface area contributed by atoms with Gasteiger partial charge in [-0.1, -0.05) is 63.0 Å². The van der Waals surface area contributed by atoms with Crippen molar-refractivity contribution in [1.29, 1.82) is 0 Å². The van der Waals surface area contributed by atoms with Crippen molar-refractivity contribution < 1.29 is 48.4 Å². The number of halogens is 7. The van der Waals surface area contributed by atoms with Crippen molar-refractivity contribution in [2.24, 2.45) is 5.92 Å². The molecule has 0 amide bonds. The van der Waals surface area contributed by atoms with Gasteiger partial charge < -0.3 is 39.1 Å². The summed E-state index contributed by atoms with van der Waals surface area (Å²) < 4.78 is 9.58. The predicted molar refractivity (Wildman–Crippen MR) is 260 cm³/mol. The van der Waals surface area contributed by atoms with E-state index in [1.54, 1.807) is 0 Å². The van der Waals surface area contributed by atoms with Gasteiger partial charge in [-0.15, -0.1) is 0 Å². The first-order chi connectivity index (χ1) is 24.0. The fourth-order valence-corrected chi connectivity index (χ4v) is 12.9. The number of allylic oxidation sites excluding steroid dienone is 8. The van der Waals surface area contributed by atoms with E-state index in [0.717, 1.165) is 52.6 Å². The molecule has 0 bridgehead atoms. The number of unbranched alkanes of at least 4 members (excludes halogenated alkanes) is 3. The SMILES string of the molecule is CCCCC(C(=O)O)C1(C)/C(=C/C=C/C=C/C=C/C2=[N+](C)c3cc(I)c(I)c(I)c3C2(C)CCCCCC(=O)O)N(C)c2cc(I)c(I)c(I)c21.[I-]. The Morgan fingerprint density at radius 3 is 2.06 bits per heavy atom. The highest BCUT2D eigenvalue weighted by Crippen LogP contribution is 2.55. The normalized spacial score (nSPS) is 21.1. The Labute approximate surface area is 407 Å². The average molecular weight is 1490 g/mol. The quantitative estimate of drug-likeness (QED) is 0.0612. The maximum Gasteiger partial charge on any atom is 0.307 e. The molecule has 2 aliphatic rings. The Hall–Kier alpha value is 0.920. The van der Waals surface area contributed by atoms with Gasteiger partial charge in [0.1, 0.15) is 7.05 Å². The number of carboxylic acid groups (broad SMARTS) is 2. The smallest absolute Gasteiger partial charge is 0.307 e. The number of nitrogens with zero attached hydrogens (tertiary/aromatic N) is 2. The van der Waals surface area contributed by atoms with Crippen LogP contribution < -0.4 is 28.9 Å². The Morgan fingerprint density at radius 2 is 1.44 bits per heavy atom. The van der Waals surface area contributed by atoms with E-state index >= 15 is 0 Å². The highest BCUT2D eigenvalue weighted by atomic mass is 127. The third-order valence-electron chi connectivity index (χ3n) is 10.3. The number of aliphatic carboxylic acids is 2. The van der Waals surface area contributed by atoms with Gasteiger partial charge in [-0.05, 0) is 181 Å². The average Bonchev–Trinajstić information content (AvgIpc) is 3.40. The zero-order valence-corrected chi connectivity index (χ0v) is 44.8. The lowest BCUT2D eigenvalue weighted by Gasteiger charge is -2.35. The molecule has 2 aromatic rings. The lowest BCUT2D eigenvalue weighted by atomic mass is 9.69. The molecule has 0 aromatic heterocycles. The molecule has 6 nitrogen and oxygen atoms in total. The molecule has 2 aliphatic heterocycles. The topological polar surface area (TPSA) is 80.8 Å². The van der Waals surface area contributed by atoms with Crippen LogP contribution in [0.25, 0.3) is 0 Å². The van der Waals surface area contributed by atoms with Crippen molar-refractivity contribution in [1.82, 2.24) is 0 Å². The number of fused-ring (bicyclic) bond motifs is 2. The Bertz CT molecular complexity index is 1870. The minimum atomic E-state index is -0.751. The summed E-state index contributed by atoms with van der Waals surface area (Å²) in [6, 6.07) is 4.47. The molecule has 0 saturated carbocycles. The van der Waals surface area contributed by atoms with Gasteiger partial charge in [0, 0.05) is 69.4 Å². The molecule has 0 radical (unpaired) electrons. The van der Waals surface area contributed by atoms with Crippen LogP contribution in [0.15, 0.2) is 60.4 Å². The summed E-state index contributed by atoms with van der Waals surface area (Å²) in [6.07, 6.45) is 20.6. The predicted octanol–water partition coefficient (Wildman–Crippen LogP) is 9.19. The molecule has 4 rings (SSSR count). The first-order valence-corrected chi connectivity index (χ1v) is 23.4. The van der Waals surface area contributed by atoms with Crippen LogP contribution in [0.5, 0.6) is 0 Å². The van der Waals surface area contributed by atoms with E-state index in [4.69, 9.17) is 5.11 Å². The molecule has 13 heteroatoms. The zero-order valence-electron chi connectivity index (χ0n) is 29.7. The van der Waals surface area contributed by atoms with E-state index in [0.29, 0.717) is 12.8 Å². The summed E-state index contributed by atoms with van der Waals surface area (Å²) in [5.41, 5.74) is 6.13. The van der Waals surface area contributed by atoms with Crippen LogP contribution in [0.4, 0.5) is 11.4 Å². The minimum Gasteiger partial charge on any atom is -1.00 e. The summed E-state index contributed by atoms with van der Waals surface area (Å²) in [5.74, 6) is -2.03. The second-order valence-corrected chi connectivity index (χ2v) is 20.1. The lowest BCUT2D eigenvalue weighted by Crippen LogP contribution is -3.00. The van der Waals surface area contributed by atoms with E-state index in [1.165, 1.54) is 34.8 Å². The summed E-state index contributed by atoms with van der Waals surface area (Å²) >= 11 is 14.5. The highest BCUT2D eigenvalue weighted by molar-refractivity contribution is 14.1. The molecular weight excluding hydrogens is 1450 g/mol.